The SMILES string of the molecule is CN(Cc1nccn1C(F)F)C(=O)c1c(F)cccc1Cl. The lowest BCUT2D eigenvalue weighted by atomic mass is 10.2. The highest BCUT2D eigenvalue weighted by Gasteiger charge is 2.21. The summed E-state index contributed by atoms with van der Waals surface area (Å²) in [6, 6.07) is 3.86. The van der Waals surface area contributed by atoms with Gasteiger partial charge in [-0.2, -0.15) is 8.78 Å². The smallest absolute Gasteiger partial charge is 0.319 e. The van der Waals surface area contributed by atoms with Crippen LogP contribution >= 0.6 is 11.6 Å². The molecule has 0 spiro atoms. The third-order valence-corrected chi connectivity index (χ3v) is 3.18. The van der Waals surface area contributed by atoms with E-state index in [2.05, 4.69) is 4.98 Å². The number of aromatic nitrogens is 2. The fraction of sp³-hybridized carbons (Fsp3) is 0.231. The van der Waals surface area contributed by atoms with Crippen molar-refractivity contribution in [3.8, 4) is 0 Å². The average molecular weight is 318 g/mol. The number of hydrogen-bond acceptors (Lipinski definition) is 2. The summed E-state index contributed by atoms with van der Waals surface area (Å²) in [4.78, 5) is 17.0. The molecule has 0 saturated heterocycles. The molecule has 0 radical (unpaired) electrons. The molecular formula is C13H11ClF3N3O. The maximum Gasteiger partial charge on any atom is 0.319 e. The van der Waals surface area contributed by atoms with E-state index in [1.54, 1.807) is 0 Å². The standard InChI is InChI=1S/C13H11ClF3N3O/c1-19(7-10-18-5-6-20(10)13(16)17)12(21)11-8(14)3-2-4-9(11)15/h2-6,13H,7H2,1H3. The van der Waals surface area contributed by atoms with Gasteiger partial charge in [0.2, 0.25) is 0 Å². The van der Waals surface area contributed by atoms with Gasteiger partial charge in [0.25, 0.3) is 5.91 Å². The first kappa shape index (κ1) is 15.4. The Morgan fingerprint density at radius 3 is 2.81 bits per heavy atom. The van der Waals surface area contributed by atoms with Crippen molar-refractivity contribution in [1.82, 2.24) is 14.5 Å². The van der Waals surface area contributed by atoms with Crippen LogP contribution in [0, 0.1) is 5.82 Å². The number of benzene rings is 1. The van der Waals surface area contributed by atoms with Crippen molar-refractivity contribution in [3.05, 3.63) is 52.8 Å². The first-order valence-electron chi connectivity index (χ1n) is 5.91. The van der Waals surface area contributed by atoms with E-state index in [-0.39, 0.29) is 23.0 Å². The molecule has 21 heavy (non-hydrogen) atoms. The third-order valence-electron chi connectivity index (χ3n) is 2.86. The summed E-state index contributed by atoms with van der Waals surface area (Å²) in [6.45, 7) is -2.95. The number of hydrogen-bond donors (Lipinski definition) is 0. The van der Waals surface area contributed by atoms with E-state index in [0.29, 0.717) is 4.57 Å². The van der Waals surface area contributed by atoms with E-state index in [0.717, 1.165) is 17.2 Å². The highest BCUT2D eigenvalue weighted by Crippen LogP contribution is 2.21. The Morgan fingerprint density at radius 2 is 2.19 bits per heavy atom. The summed E-state index contributed by atoms with van der Waals surface area (Å²) in [6.07, 6.45) is 2.31. The van der Waals surface area contributed by atoms with Gasteiger partial charge in [-0.15, -0.1) is 0 Å². The van der Waals surface area contributed by atoms with Crippen LogP contribution in [0.4, 0.5) is 13.2 Å². The fourth-order valence-electron chi connectivity index (χ4n) is 1.82. The molecule has 8 heteroatoms. The molecule has 112 valence electrons. The monoisotopic (exact) mass is 317 g/mol. The molecule has 0 unspecified atom stereocenters. The molecule has 0 aliphatic rings. The third kappa shape index (κ3) is 3.18. The van der Waals surface area contributed by atoms with Gasteiger partial charge in [0, 0.05) is 19.4 Å². The van der Waals surface area contributed by atoms with E-state index >= 15 is 0 Å². The maximum atomic E-state index is 13.7. The lowest BCUT2D eigenvalue weighted by molar-refractivity contribution is 0.0611. The van der Waals surface area contributed by atoms with Crippen molar-refractivity contribution in [3.63, 3.8) is 0 Å². The Kier molecular flexibility index (Phi) is 4.52. The number of amides is 1. The molecule has 0 saturated carbocycles. The van der Waals surface area contributed by atoms with Crippen LogP contribution in [0.3, 0.4) is 0 Å². The number of rotatable bonds is 4. The summed E-state index contributed by atoms with van der Waals surface area (Å²) in [5.74, 6) is -1.48. The number of imidazole rings is 1. The van der Waals surface area contributed by atoms with Crippen LogP contribution in [0.15, 0.2) is 30.6 Å². The van der Waals surface area contributed by atoms with Crippen LogP contribution in [-0.2, 0) is 6.54 Å². The molecule has 2 rings (SSSR count). The van der Waals surface area contributed by atoms with Crippen LogP contribution < -0.4 is 0 Å². The topological polar surface area (TPSA) is 38.1 Å². The summed E-state index contributed by atoms with van der Waals surface area (Å²) in [5.41, 5.74) is -0.295. The molecule has 1 heterocycles. The minimum atomic E-state index is -2.76. The van der Waals surface area contributed by atoms with Crippen LogP contribution in [0.1, 0.15) is 22.7 Å². The molecular weight excluding hydrogens is 307 g/mol. The van der Waals surface area contributed by atoms with Gasteiger partial charge in [-0.05, 0) is 12.1 Å². The van der Waals surface area contributed by atoms with Crippen LogP contribution in [-0.4, -0.2) is 27.4 Å². The van der Waals surface area contributed by atoms with E-state index in [1.165, 1.54) is 25.4 Å². The Labute approximate surface area is 123 Å². The number of carbonyl (C=O) groups excluding carboxylic acids is 1. The quantitative estimate of drug-likeness (QED) is 0.867. The van der Waals surface area contributed by atoms with E-state index in [1.807, 2.05) is 0 Å². The number of halogens is 4. The second-order valence-corrected chi connectivity index (χ2v) is 4.69. The normalized spacial score (nSPS) is 11.0. The van der Waals surface area contributed by atoms with Gasteiger partial charge in [-0.1, -0.05) is 17.7 Å². The molecule has 4 nitrogen and oxygen atoms in total. The number of alkyl halides is 2. The van der Waals surface area contributed by atoms with Crippen molar-refractivity contribution >= 4 is 17.5 Å². The van der Waals surface area contributed by atoms with Gasteiger partial charge in [0.1, 0.15) is 11.6 Å². The summed E-state index contributed by atoms with van der Waals surface area (Å²) >= 11 is 5.80. The molecule has 0 bridgehead atoms. The molecule has 1 aromatic carbocycles. The molecule has 0 aliphatic heterocycles. The minimum absolute atomic E-state index is 0.00619. The van der Waals surface area contributed by atoms with E-state index in [9.17, 15) is 18.0 Å². The molecule has 0 fully saturated rings. The van der Waals surface area contributed by atoms with Crippen molar-refractivity contribution in [2.24, 2.45) is 0 Å². The number of nitrogens with zero attached hydrogens (tertiary/aromatic N) is 3. The Hall–Kier alpha value is -2.02. The van der Waals surface area contributed by atoms with Gasteiger partial charge in [-0.3, -0.25) is 9.36 Å². The van der Waals surface area contributed by atoms with Crippen molar-refractivity contribution in [2.45, 2.75) is 13.1 Å². The molecule has 0 atom stereocenters. The van der Waals surface area contributed by atoms with Crippen molar-refractivity contribution in [1.29, 1.82) is 0 Å². The first-order valence-corrected chi connectivity index (χ1v) is 6.29. The van der Waals surface area contributed by atoms with Gasteiger partial charge < -0.3 is 4.90 Å². The molecule has 1 amide bonds. The van der Waals surface area contributed by atoms with Gasteiger partial charge >= 0.3 is 6.55 Å². The predicted molar refractivity (Wildman–Crippen MR) is 70.7 cm³/mol. The lowest BCUT2D eigenvalue weighted by Gasteiger charge is -2.18. The molecule has 1 aromatic heterocycles. The van der Waals surface area contributed by atoms with E-state index in [4.69, 9.17) is 11.6 Å². The zero-order chi connectivity index (χ0) is 15.6. The first-order chi connectivity index (χ1) is 9.91. The largest absolute Gasteiger partial charge is 0.334 e. The van der Waals surface area contributed by atoms with Gasteiger partial charge in [0.05, 0.1) is 17.1 Å². The fourth-order valence-corrected chi connectivity index (χ4v) is 2.06. The molecule has 2 aromatic rings. The Balaban J connectivity index is 2.22. The van der Waals surface area contributed by atoms with Gasteiger partial charge in [0.15, 0.2) is 0 Å². The average Bonchev–Trinajstić information content (AvgIpc) is 2.86. The maximum absolute atomic E-state index is 13.7. The number of carbonyl (C=O) groups is 1. The second-order valence-electron chi connectivity index (χ2n) is 4.29. The summed E-state index contributed by atoms with van der Waals surface area (Å²) in [5, 5.41) is -0.0379. The Bertz CT molecular complexity index is 640. The van der Waals surface area contributed by atoms with Crippen molar-refractivity contribution < 1.29 is 18.0 Å². The van der Waals surface area contributed by atoms with Crippen LogP contribution in [0.25, 0.3) is 0 Å². The highest BCUT2D eigenvalue weighted by atomic mass is 35.5. The van der Waals surface area contributed by atoms with Crippen LogP contribution in [0.2, 0.25) is 5.02 Å². The zero-order valence-corrected chi connectivity index (χ0v) is 11.7. The summed E-state index contributed by atoms with van der Waals surface area (Å²) in [7, 11) is 1.36. The molecule has 0 N–H and O–H groups in total. The molecule has 0 aliphatic carbocycles. The lowest BCUT2D eigenvalue weighted by Crippen LogP contribution is -2.28. The van der Waals surface area contributed by atoms with Crippen molar-refractivity contribution in [2.75, 3.05) is 7.05 Å². The zero-order valence-electron chi connectivity index (χ0n) is 10.9. The van der Waals surface area contributed by atoms with E-state index < -0.39 is 18.3 Å². The second kappa shape index (κ2) is 6.17. The highest BCUT2D eigenvalue weighted by molar-refractivity contribution is 6.33. The minimum Gasteiger partial charge on any atom is -0.334 e. The summed E-state index contributed by atoms with van der Waals surface area (Å²) < 4.78 is 39.7. The van der Waals surface area contributed by atoms with Gasteiger partial charge in [-0.25, -0.2) is 9.37 Å². The van der Waals surface area contributed by atoms with Crippen LogP contribution in [0.5, 0.6) is 0 Å². The Morgan fingerprint density at radius 1 is 1.48 bits per heavy atom. The predicted octanol–water partition coefficient (Wildman–Crippen LogP) is 3.34.